The minimum Gasteiger partial charge on any atom is -0.0654 e. The molecule has 0 spiro atoms. The lowest BCUT2D eigenvalue weighted by Gasteiger charge is -2.32. The van der Waals surface area contributed by atoms with Gasteiger partial charge in [-0.2, -0.15) is 0 Å². The van der Waals surface area contributed by atoms with Gasteiger partial charge in [0.25, 0.3) is 0 Å². The van der Waals surface area contributed by atoms with Crippen LogP contribution in [0.15, 0.2) is 0 Å². The normalized spacial score (nSPS) is 28.6. The molecule has 0 N–H and O–H groups in total. The SMILES string of the molecule is CCCCCCCC1CCC(CC2CCCCC2)CC1. The van der Waals surface area contributed by atoms with Crippen LogP contribution in [0.3, 0.4) is 0 Å². The first-order valence-corrected chi connectivity index (χ1v) is 9.88. The van der Waals surface area contributed by atoms with Crippen molar-refractivity contribution in [2.45, 2.75) is 110 Å². The van der Waals surface area contributed by atoms with Crippen molar-refractivity contribution >= 4 is 0 Å². The highest BCUT2D eigenvalue weighted by molar-refractivity contribution is 4.76. The molecule has 0 aromatic rings. The summed E-state index contributed by atoms with van der Waals surface area (Å²) in [7, 11) is 0. The van der Waals surface area contributed by atoms with Crippen molar-refractivity contribution in [3.05, 3.63) is 0 Å². The van der Waals surface area contributed by atoms with Gasteiger partial charge in [-0.05, 0) is 24.2 Å². The van der Waals surface area contributed by atoms with Crippen LogP contribution in [0, 0.1) is 17.8 Å². The van der Waals surface area contributed by atoms with Gasteiger partial charge in [0.05, 0.1) is 0 Å². The Balaban J connectivity index is 1.51. The van der Waals surface area contributed by atoms with Crippen molar-refractivity contribution in [2.75, 3.05) is 0 Å². The van der Waals surface area contributed by atoms with Gasteiger partial charge in [0.1, 0.15) is 0 Å². The fourth-order valence-electron chi connectivity index (χ4n) is 4.69. The summed E-state index contributed by atoms with van der Waals surface area (Å²) in [6.07, 6.45) is 24.4. The molecule has 0 bridgehead atoms. The lowest BCUT2D eigenvalue weighted by Crippen LogP contribution is -2.18. The van der Waals surface area contributed by atoms with Crippen molar-refractivity contribution in [3.63, 3.8) is 0 Å². The second-order valence-corrected chi connectivity index (χ2v) is 7.83. The molecule has 0 nitrogen and oxygen atoms in total. The summed E-state index contributed by atoms with van der Waals surface area (Å²) >= 11 is 0. The van der Waals surface area contributed by atoms with Crippen LogP contribution < -0.4 is 0 Å². The first-order chi connectivity index (χ1) is 9.88. The number of hydrogen-bond donors (Lipinski definition) is 0. The third-order valence-electron chi connectivity index (χ3n) is 6.07. The predicted octanol–water partition coefficient (Wildman–Crippen LogP) is 7.12. The summed E-state index contributed by atoms with van der Waals surface area (Å²) < 4.78 is 0. The second-order valence-electron chi connectivity index (χ2n) is 7.83. The number of rotatable bonds is 8. The Labute approximate surface area is 128 Å². The minimum atomic E-state index is 1.10. The van der Waals surface area contributed by atoms with Gasteiger partial charge in [-0.1, -0.05) is 103 Å². The highest BCUT2D eigenvalue weighted by Gasteiger charge is 2.24. The second kappa shape index (κ2) is 9.85. The Morgan fingerprint density at radius 1 is 0.600 bits per heavy atom. The van der Waals surface area contributed by atoms with E-state index in [9.17, 15) is 0 Å². The minimum absolute atomic E-state index is 1.10. The third kappa shape index (κ3) is 6.19. The molecule has 0 aromatic heterocycles. The zero-order valence-electron chi connectivity index (χ0n) is 14.0. The molecule has 20 heavy (non-hydrogen) atoms. The molecule has 118 valence electrons. The maximum absolute atomic E-state index is 2.31. The van der Waals surface area contributed by atoms with E-state index in [0.29, 0.717) is 0 Å². The Morgan fingerprint density at radius 3 is 1.90 bits per heavy atom. The van der Waals surface area contributed by atoms with Crippen molar-refractivity contribution in [3.8, 4) is 0 Å². The summed E-state index contributed by atoms with van der Waals surface area (Å²) in [5, 5.41) is 0. The van der Waals surface area contributed by atoms with E-state index < -0.39 is 0 Å². The van der Waals surface area contributed by atoms with Crippen molar-refractivity contribution < 1.29 is 0 Å². The molecule has 0 saturated heterocycles. The smallest absolute Gasteiger partial charge is 0.0411 e. The van der Waals surface area contributed by atoms with Crippen molar-refractivity contribution in [1.82, 2.24) is 0 Å². The predicted molar refractivity (Wildman–Crippen MR) is 90.0 cm³/mol. The molecule has 0 aliphatic heterocycles. The van der Waals surface area contributed by atoms with Crippen molar-refractivity contribution in [1.29, 1.82) is 0 Å². The molecule has 2 saturated carbocycles. The molecular weight excluding hydrogens is 240 g/mol. The van der Waals surface area contributed by atoms with Crippen molar-refractivity contribution in [2.24, 2.45) is 17.8 Å². The molecule has 0 amide bonds. The highest BCUT2D eigenvalue weighted by atomic mass is 14.3. The Bertz CT molecular complexity index is 218. The summed E-state index contributed by atoms with van der Waals surface area (Å²) in [5.41, 5.74) is 0. The van der Waals surface area contributed by atoms with Gasteiger partial charge in [-0.25, -0.2) is 0 Å². The van der Waals surface area contributed by atoms with E-state index in [-0.39, 0.29) is 0 Å². The van der Waals surface area contributed by atoms with Gasteiger partial charge in [0.2, 0.25) is 0 Å². The average molecular weight is 279 g/mol. The van der Waals surface area contributed by atoms with E-state index >= 15 is 0 Å². The van der Waals surface area contributed by atoms with E-state index in [1.54, 1.807) is 51.4 Å². The summed E-state index contributed by atoms with van der Waals surface area (Å²) in [4.78, 5) is 0. The molecular formula is C20H38. The molecule has 2 fully saturated rings. The summed E-state index contributed by atoms with van der Waals surface area (Å²) in [5.74, 6) is 3.31. The zero-order valence-corrected chi connectivity index (χ0v) is 14.0. The maximum Gasteiger partial charge on any atom is -0.0411 e. The Morgan fingerprint density at radius 2 is 1.20 bits per heavy atom. The van der Waals surface area contributed by atoms with Gasteiger partial charge in [0.15, 0.2) is 0 Å². The third-order valence-corrected chi connectivity index (χ3v) is 6.07. The van der Waals surface area contributed by atoms with Gasteiger partial charge in [-0.3, -0.25) is 0 Å². The van der Waals surface area contributed by atoms with E-state index in [0.717, 1.165) is 17.8 Å². The van der Waals surface area contributed by atoms with Gasteiger partial charge in [-0.15, -0.1) is 0 Å². The quantitative estimate of drug-likeness (QED) is 0.414. The first kappa shape index (κ1) is 16.4. The lowest BCUT2D eigenvalue weighted by molar-refractivity contribution is 0.204. The molecule has 0 aromatic carbocycles. The van der Waals surface area contributed by atoms with Crippen LogP contribution in [0.4, 0.5) is 0 Å². The molecule has 2 aliphatic rings. The van der Waals surface area contributed by atoms with Gasteiger partial charge in [0, 0.05) is 0 Å². The highest BCUT2D eigenvalue weighted by Crippen LogP contribution is 2.38. The zero-order chi connectivity index (χ0) is 14.0. The molecule has 0 heterocycles. The summed E-state index contributed by atoms with van der Waals surface area (Å²) in [6, 6.07) is 0. The number of hydrogen-bond acceptors (Lipinski definition) is 0. The van der Waals surface area contributed by atoms with E-state index in [2.05, 4.69) is 6.92 Å². The first-order valence-electron chi connectivity index (χ1n) is 9.88. The Kier molecular flexibility index (Phi) is 8.06. The monoisotopic (exact) mass is 278 g/mol. The molecule has 0 heteroatoms. The van der Waals surface area contributed by atoms with E-state index in [1.165, 1.54) is 51.4 Å². The fourth-order valence-corrected chi connectivity index (χ4v) is 4.69. The maximum atomic E-state index is 2.31. The van der Waals surface area contributed by atoms with Crippen LogP contribution in [0.25, 0.3) is 0 Å². The largest absolute Gasteiger partial charge is 0.0654 e. The van der Waals surface area contributed by atoms with Crippen LogP contribution >= 0.6 is 0 Å². The molecule has 2 rings (SSSR count). The van der Waals surface area contributed by atoms with Crippen LogP contribution in [0.5, 0.6) is 0 Å². The van der Waals surface area contributed by atoms with Crippen LogP contribution in [-0.4, -0.2) is 0 Å². The molecule has 0 unspecified atom stereocenters. The van der Waals surface area contributed by atoms with E-state index in [4.69, 9.17) is 0 Å². The Hall–Kier alpha value is 0. The van der Waals surface area contributed by atoms with Crippen LogP contribution in [-0.2, 0) is 0 Å². The molecule has 0 atom stereocenters. The van der Waals surface area contributed by atoms with E-state index in [1.807, 2.05) is 0 Å². The van der Waals surface area contributed by atoms with Gasteiger partial charge >= 0.3 is 0 Å². The number of unbranched alkanes of at least 4 members (excludes halogenated alkanes) is 4. The lowest BCUT2D eigenvalue weighted by atomic mass is 9.74. The molecule has 2 aliphatic carbocycles. The standard InChI is InChI=1S/C20H38/c1-2-3-4-5-7-10-18-13-15-20(16-14-18)17-19-11-8-6-9-12-19/h18-20H,2-17H2,1H3. The molecule has 0 radical (unpaired) electrons. The fraction of sp³-hybridized carbons (Fsp3) is 1.00. The summed E-state index contributed by atoms with van der Waals surface area (Å²) in [6.45, 7) is 2.31. The average Bonchev–Trinajstić information content (AvgIpc) is 2.50. The van der Waals surface area contributed by atoms with Crippen LogP contribution in [0.2, 0.25) is 0 Å². The van der Waals surface area contributed by atoms with Crippen LogP contribution in [0.1, 0.15) is 110 Å². The topological polar surface area (TPSA) is 0 Å². The van der Waals surface area contributed by atoms with Gasteiger partial charge < -0.3 is 0 Å².